The topological polar surface area (TPSA) is 37.3 Å². The lowest BCUT2D eigenvalue weighted by molar-refractivity contribution is -0.132. The maximum absolute atomic E-state index is 10.9. The summed E-state index contributed by atoms with van der Waals surface area (Å²) in [5.41, 5.74) is 0.522. The molecule has 0 aromatic heterocycles. The van der Waals surface area contributed by atoms with Crippen LogP contribution in [0, 0.1) is 0 Å². The number of hydrogen-bond acceptors (Lipinski definition) is 1. The molecule has 0 fully saturated rings. The molecule has 2 heteroatoms. The average Bonchev–Trinajstić information content (AvgIpc) is 2.26. The third kappa shape index (κ3) is 8.27. The van der Waals surface area contributed by atoms with Crippen LogP contribution < -0.4 is 0 Å². The molecule has 0 atom stereocenters. The van der Waals surface area contributed by atoms with E-state index in [0.717, 1.165) is 12.8 Å². The van der Waals surface area contributed by atoms with E-state index in [1.54, 1.807) is 12.2 Å². The first kappa shape index (κ1) is 14.9. The Hall–Kier alpha value is -1.05. The summed E-state index contributed by atoms with van der Waals surface area (Å²) in [6, 6.07) is 0. The summed E-state index contributed by atoms with van der Waals surface area (Å²) in [5.74, 6) is -0.786. The number of carbonyl (C=O) groups is 1. The minimum absolute atomic E-state index is 0.522. The molecule has 0 saturated carbocycles. The van der Waals surface area contributed by atoms with Crippen LogP contribution in [0.1, 0.15) is 58.8 Å². The Labute approximate surface area is 99.1 Å². The van der Waals surface area contributed by atoms with Gasteiger partial charge in [0.05, 0.1) is 0 Å². The molecule has 0 unspecified atom stereocenters. The zero-order valence-electron chi connectivity index (χ0n) is 10.5. The first-order valence-electron chi connectivity index (χ1n) is 6.27. The van der Waals surface area contributed by atoms with Gasteiger partial charge in [-0.3, -0.25) is 0 Å². The fraction of sp³-hybridized carbons (Fsp3) is 0.643. The Kier molecular flexibility index (Phi) is 9.78. The summed E-state index contributed by atoms with van der Waals surface area (Å²) in [7, 11) is 0. The summed E-state index contributed by atoms with van der Waals surface area (Å²) >= 11 is 0. The van der Waals surface area contributed by atoms with Gasteiger partial charge in [0.15, 0.2) is 0 Å². The Bertz CT molecular complexity index is 239. The molecular weight excluding hydrogens is 200 g/mol. The zero-order valence-corrected chi connectivity index (χ0v) is 10.5. The van der Waals surface area contributed by atoms with E-state index >= 15 is 0 Å². The molecule has 0 aromatic rings. The molecule has 0 amide bonds. The standard InChI is InChI=1S/C14H24O2/c1-3-5-7-8-9-10-12-13(14(15)16)11-6-4-2/h4,6,11H,3,5,7-10,12H2,1-2H3,(H,15,16). The summed E-state index contributed by atoms with van der Waals surface area (Å²) in [6.45, 7) is 4.09. The molecule has 0 aliphatic carbocycles. The third-order valence-electron chi connectivity index (χ3n) is 2.56. The molecule has 16 heavy (non-hydrogen) atoms. The molecule has 0 aliphatic heterocycles. The Morgan fingerprint density at radius 3 is 2.31 bits per heavy atom. The van der Waals surface area contributed by atoms with Gasteiger partial charge in [0, 0.05) is 5.57 Å². The molecule has 0 bridgehead atoms. The van der Waals surface area contributed by atoms with Crippen LogP contribution in [-0.2, 0) is 4.79 Å². The van der Waals surface area contributed by atoms with Crippen molar-refractivity contribution in [3.63, 3.8) is 0 Å². The highest BCUT2D eigenvalue weighted by molar-refractivity contribution is 5.86. The van der Waals surface area contributed by atoms with Gasteiger partial charge < -0.3 is 5.11 Å². The monoisotopic (exact) mass is 224 g/mol. The van der Waals surface area contributed by atoms with Crippen molar-refractivity contribution < 1.29 is 9.90 Å². The molecule has 0 aliphatic rings. The Morgan fingerprint density at radius 2 is 1.75 bits per heavy atom. The van der Waals surface area contributed by atoms with Crippen LogP contribution in [-0.4, -0.2) is 11.1 Å². The molecule has 92 valence electrons. The van der Waals surface area contributed by atoms with E-state index in [0.29, 0.717) is 12.0 Å². The summed E-state index contributed by atoms with van der Waals surface area (Å²) in [4.78, 5) is 10.9. The zero-order chi connectivity index (χ0) is 12.2. The van der Waals surface area contributed by atoms with Crippen molar-refractivity contribution in [1.29, 1.82) is 0 Å². The molecule has 0 radical (unpaired) electrons. The largest absolute Gasteiger partial charge is 0.478 e. The SMILES string of the molecule is CC=CC=C(CCCCCCCC)C(=O)O. The molecule has 0 rings (SSSR count). The number of carboxylic acid groups (broad SMARTS) is 1. The van der Waals surface area contributed by atoms with Crippen LogP contribution in [0.4, 0.5) is 0 Å². The van der Waals surface area contributed by atoms with Gasteiger partial charge in [-0.1, -0.05) is 57.3 Å². The van der Waals surface area contributed by atoms with Crippen LogP contribution in [0.3, 0.4) is 0 Å². The lowest BCUT2D eigenvalue weighted by Crippen LogP contribution is -2.00. The normalized spacial score (nSPS) is 12.2. The fourth-order valence-electron chi connectivity index (χ4n) is 1.57. The van der Waals surface area contributed by atoms with E-state index in [1.807, 2.05) is 13.0 Å². The van der Waals surface area contributed by atoms with Crippen molar-refractivity contribution in [2.24, 2.45) is 0 Å². The van der Waals surface area contributed by atoms with Crippen molar-refractivity contribution in [3.05, 3.63) is 23.8 Å². The Balaban J connectivity index is 3.73. The van der Waals surface area contributed by atoms with Gasteiger partial charge in [0.25, 0.3) is 0 Å². The van der Waals surface area contributed by atoms with Crippen molar-refractivity contribution in [2.45, 2.75) is 58.8 Å². The molecule has 1 N–H and O–H groups in total. The number of allylic oxidation sites excluding steroid dienone is 3. The molecule has 0 saturated heterocycles. The highest BCUT2D eigenvalue weighted by Gasteiger charge is 2.04. The van der Waals surface area contributed by atoms with Crippen LogP contribution >= 0.6 is 0 Å². The average molecular weight is 224 g/mol. The van der Waals surface area contributed by atoms with E-state index in [9.17, 15) is 4.79 Å². The van der Waals surface area contributed by atoms with Gasteiger partial charge in [0.2, 0.25) is 0 Å². The highest BCUT2D eigenvalue weighted by Crippen LogP contribution is 2.12. The molecule has 2 nitrogen and oxygen atoms in total. The van der Waals surface area contributed by atoms with Gasteiger partial charge in [-0.15, -0.1) is 0 Å². The first-order valence-corrected chi connectivity index (χ1v) is 6.27. The second-order valence-corrected chi connectivity index (χ2v) is 4.04. The number of carboxylic acids is 1. The minimum Gasteiger partial charge on any atom is -0.478 e. The van der Waals surface area contributed by atoms with Crippen LogP contribution in [0.25, 0.3) is 0 Å². The van der Waals surface area contributed by atoms with E-state index in [2.05, 4.69) is 6.92 Å². The molecule has 0 heterocycles. The second kappa shape index (κ2) is 10.5. The van der Waals surface area contributed by atoms with Crippen LogP contribution in [0.15, 0.2) is 23.8 Å². The first-order chi connectivity index (χ1) is 7.72. The van der Waals surface area contributed by atoms with E-state index in [1.165, 1.54) is 25.7 Å². The predicted octanol–water partition coefficient (Wildman–Crippen LogP) is 4.32. The van der Waals surface area contributed by atoms with E-state index in [-0.39, 0.29) is 0 Å². The molecular formula is C14H24O2. The number of rotatable bonds is 9. The van der Waals surface area contributed by atoms with Crippen molar-refractivity contribution >= 4 is 5.97 Å². The smallest absolute Gasteiger partial charge is 0.331 e. The van der Waals surface area contributed by atoms with Gasteiger partial charge in [-0.25, -0.2) is 4.79 Å². The van der Waals surface area contributed by atoms with Crippen LogP contribution in [0.2, 0.25) is 0 Å². The predicted molar refractivity (Wildman–Crippen MR) is 68.5 cm³/mol. The second-order valence-electron chi connectivity index (χ2n) is 4.04. The third-order valence-corrected chi connectivity index (χ3v) is 2.56. The van der Waals surface area contributed by atoms with Crippen molar-refractivity contribution in [3.8, 4) is 0 Å². The number of hydrogen-bond donors (Lipinski definition) is 1. The summed E-state index contributed by atoms with van der Waals surface area (Å²) < 4.78 is 0. The number of unbranched alkanes of at least 4 members (excludes halogenated alkanes) is 5. The van der Waals surface area contributed by atoms with Gasteiger partial charge in [-0.05, 0) is 19.8 Å². The quantitative estimate of drug-likeness (QED) is 0.359. The minimum atomic E-state index is -0.786. The summed E-state index contributed by atoms with van der Waals surface area (Å²) in [5, 5.41) is 8.94. The maximum Gasteiger partial charge on any atom is 0.331 e. The maximum atomic E-state index is 10.9. The van der Waals surface area contributed by atoms with E-state index in [4.69, 9.17) is 5.11 Å². The Morgan fingerprint density at radius 1 is 1.12 bits per heavy atom. The number of aliphatic carboxylic acids is 1. The lowest BCUT2D eigenvalue weighted by Gasteiger charge is -2.02. The van der Waals surface area contributed by atoms with Gasteiger partial charge in [-0.2, -0.15) is 0 Å². The van der Waals surface area contributed by atoms with Gasteiger partial charge in [0.1, 0.15) is 0 Å². The van der Waals surface area contributed by atoms with E-state index < -0.39 is 5.97 Å². The summed E-state index contributed by atoms with van der Waals surface area (Å²) in [6.07, 6.45) is 13.2. The van der Waals surface area contributed by atoms with Crippen LogP contribution in [0.5, 0.6) is 0 Å². The lowest BCUT2D eigenvalue weighted by atomic mass is 10.0. The molecule has 0 aromatic carbocycles. The highest BCUT2D eigenvalue weighted by atomic mass is 16.4. The van der Waals surface area contributed by atoms with Gasteiger partial charge >= 0.3 is 5.97 Å². The molecule has 0 spiro atoms. The fourth-order valence-corrected chi connectivity index (χ4v) is 1.57. The van der Waals surface area contributed by atoms with Crippen molar-refractivity contribution in [2.75, 3.05) is 0 Å². The van der Waals surface area contributed by atoms with Crippen molar-refractivity contribution in [1.82, 2.24) is 0 Å².